The molecule has 0 heterocycles. The molecule has 0 aliphatic heterocycles. The third-order valence-electron chi connectivity index (χ3n) is 3.13. The Morgan fingerprint density at radius 2 is 1.93 bits per heavy atom. The number of nitrogens with one attached hydrogen (secondary N) is 1. The van der Waals surface area contributed by atoms with Gasteiger partial charge < -0.3 is 15.5 Å². The summed E-state index contributed by atoms with van der Waals surface area (Å²) in [5.74, 6) is 0. The topological polar surface area (TPSA) is 52.5 Å². The first-order valence-electron chi connectivity index (χ1n) is 5.46. The highest BCUT2D eigenvalue weighted by molar-refractivity contribution is 4.94. The second-order valence-electron chi connectivity index (χ2n) is 5.40. The first-order chi connectivity index (χ1) is 6.54. The van der Waals surface area contributed by atoms with Crippen molar-refractivity contribution in [1.82, 2.24) is 5.32 Å². The lowest BCUT2D eigenvalue weighted by molar-refractivity contribution is 0.153. The third-order valence-corrected chi connectivity index (χ3v) is 3.13. The number of hydrogen-bond acceptors (Lipinski definition) is 3. The van der Waals surface area contributed by atoms with Crippen LogP contribution < -0.4 is 5.32 Å². The first kappa shape index (κ1) is 12.0. The molecule has 1 saturated carbocycles. The Morgan fingerprint density at radius 3 is 2.36 bits per heavy atom. The van der Waals surface area contributed by atoms with Crippen LogP contribution in [-0.2, 0) is 0 Å². The van der Waals surface area contributed by atoms with Gasteiger partial charge in [0.05, 0.1) is 0 Å². The summed E-state index contributed by atoms with van der Waals surface area (Å²) in [7, 11) is 0. The van der Waals surface area contributed by atoms with Crippen molar-refractivity contribution in [2.75, 3.05) is 26.3 Å². The summed E-state index contributed by atoms with van der Waals surface area (Å²) >= 11 is 0. The van der Waals surface area contributed by atoms with Crippen LogP contribution in [0, 0.1) is 10.8 Å². The molecule has 0 amide bonds. The zero-order valence-corrected chi connectivity index (χ0v) is 9.34. The average Bonchev–Trinajstić information content (AvgIpc) is 2.86. The lowest BCUT2D eigenvalue weighted by Gasteiger charge is -2.24. The average molecular weight is 201 g/mol. The predicted octanol–water partition coefficient (Wildman–Crippen LogP) is 0.757. The summed E-state index contributed by atoms with van der Waals surface area (Å²) in [6.07, 6.45) is 3.39. The third kappa shape index (κ3) is 3.56. The molecule has 0 radical (unpaired) electrons. The van der Waals surface area contributed by atoms with Gasteiger partial charge in [-0.05, 0) is 24.7 Å². The Hall–Kier alpha value is -0.120. The molecule has 3 heteroatoms. The van der Waals surface area contributed by atoms with Crippen LogP contribution in [0.1, 0.15) is 33.1 Å². The molecule has 0 unspecified atom stereocenters. The van der Waals surface area contributed by atoms with E-state index >= 15 is 0 Å². The summed E-state index contributed by atoms with van der Waals surface area (Å²) < 4.78 is 0. The zero-order chi connectivity index (χ0) is 10.7. The molecule has 0 aromatic heterocycles. The molecule has 3 nitrogen and oxygen atoms in total. The van der Waals surface area contributed by atoms with Gasteiger partial charge in [-0.2, -0.15) is 0 Å². The lowest BCUT2D eigenvalue weighted by atomic mass is 9.94. The van der Waals surface area contributed by atoms with E-state index in [1.54, 1.807) is 0 Å². The van der Waals surface area contributed by atoms with Crippen molar-refractivity contribution < 1.29 is 10.2 Å². The number of rotatable bonds is 7. The van der Waals surface area contributed by atoms with Gasteiger partial charge in [-0.25, -0.2) is 0 Å². The normalized spacial score (nSPS) is 19.7. The SMILES string of the molecule is CC(C)(CO)CNCC1(CCO)CC1. The van der Waals surface area contributed by atoms with Gasteiger partial charge in [0.25, 0.3) is 0 Å². The molecule has 1 rings (SSSR count). The van der Waals surface area contributed by atoms with E-state index < -0.39 is 0 Å². The quantitative estimate of drug-likeness (QED) is 0.570. The number of aliphatic hydroxyl groups is 2. The number of hydrogen-bond donors (Lipinski definition) is 3. The van der Waals surface area contributed by atoms with E-state index in [9.17, 15) is 0 Å². The van der Waals surface area contributed by atoms with Crippen molar-refractivity contribution in [3.8, 4) is 0 Å². The van der Waals surface area contributed by atoms with Crippen molar-refractivity contribution in [3.63, 3.8) is 0 Å². The maximum absolute atomic E-state index is 9.06. The molecule has 0 spiro atoms. The van der Waals surface area contributed by atoms with E-state index in [-0.39, 0.29) is 12.0 Å². The van der Waals surface area contributed by atoms with Gasteiger partial charge in [0.15, 0.2) is 0 Å². The fourth-order valence-corrected chi connectivity index (χ4v) is 1.65. The summed E-state index contributed by atoms with van der Waals surface area (Å²) in [6.45, 7) is 6.43. The second-order valence-corrected chi connectivity index (χ2v) is 5.40. The Labute approximate surface area is 86.5 Å². The molecule has 0 saturated heterocycles. The van der Waals surface area contributed by atoms with E-state index in [1.807, 2.05) is 13.8 Å². The monoisotopic (exact) mass is 201 g/mol. The number of aliphatic hydroxyl groups excluding tert-OH is 2. The van der Waals surface area contributed by atoms with Crippen LogP contribution in [0.25, 0.3) is 0 Å². The summed E-state index contributed by atoms with van der Waals surface area (Å²) in [5, 5.41) is 21.3. The van der Waals surface area contributed by atoms with Gasteiger partial charge in [0.2, 0.25) is 0 Å². The minimum absolute atomic E-state index is 0.0324. The molecule has 1 aliphatic carbocycles. The van der Waals surface area contributed by atoms with Gasteiger partial charge in [0.1, 0.15) is 0 Å². The van der Waals surface area contributed by atoms with Crippen molar-refractivity contribution in [2.45, 2.75) is 33.1 Å². The molecule has 0 aromatic rings. The lowest BCUT2D eigenvalue weighted by Crippen LogP contribution is -2.35. The fourth-order valence-electron chi connectivity index (χ4n) is 1.65. The van der Waals surface area contributed by atoms with Gasteiger partial charge in [-0.3, -0.25) is 0 Å². The van der Waals surface area contributed by atoms with Crippen LogP contribution in [-0.4, -0.2) is 36.5 Å². The van der Waals surface area contributed by atoms with Crippen LogP contribution in [0.4, 0.5) is 0 Å². The van der Waals surface area contributed by atoms with Crippen molar-refractivity contribution in [1.29, 1.82) is 0 Å². The van der Waals surface area contributed by atoms with Gasteiger partial charge >= 0.3 is 0 Å². The summed E-state index contributed by atoms with van der Waals surface area (Å²) in [4.78, 5) is 0. The second kappa shape index (κ2) is 4.60. The highest BCUT2D eigenvalue weighted by atomic mass is 16.3. The van der Waals surface area contributed by atoms with Crippen LogP contribution in [0.5, 0.6) is 0 Å². The maximum Gasteiger partial charge on any atom is 0.0494 e. The molecular weight excluding hydrogens is 178 g/mol. The summed E-state index contributed by atoms with van der Waals surface area (Å²) in [5.41, 5.74) is 0.343. The molecule has 1 aliphatic rings. The molecule has 1 fully saturated rings. The largest absolute Gasteiger partial charge is 0.396 e. The van der Waals surface area contributed by atoms with Crippen LogP contribution >= 0.6 is 0 Å². The van der Waals surface area contributed by atoms with E-state index in [0.29, 0.717) is 12.0 Å². The van der Waals surface area contributed by atoms with Gasteiger partial charge in [-0.1, -0.05) is 13.8 Å². The van der Waals surface area contributed by atoms with Crippen LogP contribution in [0.2, 0.25) is 0 Å². The highest BCUT2D eigenvalue weighted by Gasteiger charge is 2.41. The van der Waals surface area contributed by atoms with Gasteiger partial charge in [-0.15, -0.1) is 0 Å². The minimum atomic E-state index is -0.0324. The zero-order valence-electron chi connectivity index (χ0n) is 9.34. The van der Waals surface area contributed by atoms with E-state index in [0.717, 1.165) is 19.5 Å². The Kier molecular flexibility index (Phi) is 3.93. The van der Waals surface area contributed by atoms with Crippen LogP contribution in [0.3, 0.4) is 0 Å². The molecule has 84 valence electrons. The molecule has 3 N–H and O–H groups in total. The van der Waals surface area contributed by atoms with E-state index in [2.05, 4.69) is 5.32 Å². The van der Waals surface area contributed by atoms with Crippen molar-refractivity contribution >= 4 is 0 Å². The Morgan fingerprint density at radius 1 is 1.29 bits per heavy atom. The standard InChI is InChI=1S/C11H23NO2/c1-10(2,9-14)7-12-8-11(3-4-11)5-6-13/h12-14H,3-9H2,1-2H3. The van der Waals surface area contributed by atoms with E-state index in [4.69, 9.17) is 10.2 Å². The Bertz CT molecular complexity index is 176. The smallest absolute Gasteiger partial charge is 0.0494 e. The van der Waals surface area contributed by atoms with E-state index in [1.165, 1.54) is 12.8 Å². The first-order valence-corrected chi connectivity index (χ1v) is 5.46. The fraction of sp³-hybridized carbons (Fsp3) is 1.00. The minimum Gasteiger partial charge on any atom is -0.396 e. The molecule has 0 atom stereocenters. The highest BCUT2D eigenvalue weighted by Crippen LogP contribution is 2.47. The summed E-state index contributed by atoms with van der Waals surface area (Å²) in [6, 6.07) is 0. The molecular formula is C11H23NO2. The predicted molar refractivity (Wildman–Crippen MR) is 57.1 cm³/mol. The molecule has 0 bridgehead atoms. The van der Waals surface area contributed by atoms with Crippen molar-refractivity contribution in [3.05, 3.63) is 0 Å². The Balaban J connectivity index is 2.15. The molecule has 14 heavy (non-hydrogen) atoms. The molecule has 0 aromatic carbocycles. The van der Waals surface area contributed by atoms with Crippen LogP contribution in [0.15, 0.2) is 0 Å². The maximum atomic E-state index is 9.06. The van der Waals surface area contributed by atoms with Crippen molar-refractivity contribution in [2.24, 2.45) is 10.8 Å². The van der Waals surface area contributed by atoms with Gasteiger partial charge in [0, 0.05) is 31.7 Å².